The largest absolute Gasteiger partial charge is 0.479 e. The summed E-state index contributed by atoms with van der Waals surface area (Å²) in [5, 5.41) is 11.8. The van der Waals surface area contributed by atoms with Crippen LogP contribution in [0.3, 0.4) is 0 Å². The van der Waals surface area contributed by atoms with Crippen LogP contribution in [0.25, 0.3) is 11.5 Å². The van der Waals surface area contributed by atoms with Gasteiger partial charge in [-0.3, -0.25) is 9.63 Å². The number of hydrogen-bond acceptors (Lipinski definition) is 6. The van der Waals surface area contributed by atoms with E-state index in [0.717, 1.165) is 0 Å². The molecule has 2 heterocycles. The SMILES string of the molecule is O=C(O)CONC(=O)c1cc(-c2ccco2)on1. The number of rotatable bonds is 5. The molecule has 0 saturated carbocycles. The fraction of sp³-hybridized carbons (Fsp3) is 0.100. The lowest BCUT2D eigenvalue weighted by Crippen LogP contribution is -2.26. The van der Waals surface area contributed by atoms with Gasteiger partial charge in [0.05, 0.1) is 6.26 Å². The van der Waals surface area contributed by atoms with Gasteiger partial charge in [0.15, 0.2) is 18.1 Å². The molecule has 0 aliphatic rings. The lowest BCUT2D eigenvalue weighted by Gasteiger charge is -1.99. The average molecular weight is 252 g/mol. The summed E-state index contributed by atoms with van der Waals surface area (Å²) in [7, 11) is 0. The average Bonchev–Trinajstić information content (AvgIpc) is 2.99. The summed E-state index contributed by atoms with van der Waals surface area (Å²) in [5.41, 5.74) is 1.87. The third-order valence-corrected chi connectivity index (χ3v) is 1.87. The molecule has 1 amide bonds. The van der Waals surface area contributed by atoms with Gasteiger partial charge < -0.3 is 14.0 Å². The van der Waals surface area contributed by atoms with Crippen LogP contribution >= 0.6 is 0 Å². The van der Waals surface area contributed by atoms with E-state index >= 15 is 0 Å². The number of aromatic nitrogens is 1. The number of furan rings is 1. The standard InChI is InChI=1S/C10H8N2O6/c13-9(14)5-17-12-10(15)6-4-8(18-11-6)7-2-1-3-16-7/h1-4H,5H2,(H,12,15)(H,13,14). The predicted octanol–water partition coefficient (Wildman–Crippen LogP) is 0.681. The quantitative estimate of drug-likeness (QED) is 0.751. The highest BCUT2D eigenvalue weighted by Gasteiger charge is 2.15. The fourth-order valence-electron chi connectivity index (χ4n) is 1.13. The molecule has 2 aromatic heterocycles. The third kappa shape index (κ3) is 2.74. The first kappa shape index (κ1) is 11.9. The van der Waals surface area contributed by atoms with Crippen LogP contribution in [0.5, 0.6) is 0 Å². The van der Waals surface area contributed by atoms with Crippen molar-refractivity contribution in [2.24, 2.45) is 0 Å². The zero-order valence-corrected chi connectivity index (χ0v) is 8.95. The minimum absolute atomic E-state index is 0.0493. The van der Waals surface area contributed by atoms with E-state index in [4.69, 9.17) is 14.0 Å². The van der Waals surface area contributed by atoms with E-state index in [-0.39, 0.29) is 11.5 Å². The van der Waals surface area contributed by atoms with Crippen LogP contribution < -0.4 is 5.48 Å². The number of amides is 1. The molecular weight excluding hydrogens is 244 g/mol. The molecule has 18 heavy (non-hydrogen) atoms. The molecule has 0 unspecified atom stereocenters. The number of hydrogen-bond donors (Lipinski definition) is 2. The van der Waals surface area contributed by atoms with Crippen LogP contribution in [-0.2, 0) is 9.63 Å². The van der Waals surface area contributed by atoms with Gasteiger partial charge in [-0.2, -0.15) is 0 Å². The number of hydroxylamine groups is 1. The van der Waals surface area contributed by atoms with Crippen LogP contribution in [0.15, 0.2) is 33.4 Å². The highest BCUT2D eigenvalue weighted by molar-refractivity contribution is 5.92. The fourth-order valence-corrected chi connectivity index (χ4v) is 1.13. The molecule has 0 fully saturated rings. The van der Waals surface area contributed by atoms with E-state index in [1.807, 2.05) is 5.48 Å². The van der Waals surface area contributed by atoms with Gasteiger partial charge in [0.1, 0.15) is 0 Å². The van der Waals surface area contributed by atoms with Gasteiger partial charge in [0.25, 0.3) is 5.91 Å². The van der Waals surface area contributed by atoms with Gasteiger partial charge in [-0.1, -0.05) is 5.16 Å². The molecule has 8 heteroatoms. The van der Waals surface area contributed by atoms with Crippen molar-refractivity contribution in [2.45, 2.75) is 0 Å². The zero-order chi connectivity index (χ0) is 13.0. The second-order valence-electron chi connectivity index (χ2n) is 3.17. The van der Waals surface area contributed by atoms with Gasteiger partial charge in [-0.15, -0.1) is 0 Å². The maximum Gasteiger partial charge on any atom is 0.332 e. The van der Waals surface area contributed by atoms with Gasteiger partial charge >= 0.3 is 5.97 Å². The van der Waals surface area contributed by atoms with Crippen LogP contribution in [0.1, 0.15) is 10.5 Å². The number of nitrogens with zero attached hydrogens (tertiary/aromatic N) is 1. The Hall–Kier alpha value is -2.61. The van der Waals surface area contributed by atoms with Crippen molar-refractivity contribution in [3.05, 3.63) is 30.2 Å². The molecule has 8 nitrogen and oxygen atoms in total. The molecule has 0 radical (unpaired) electrons. The maximum absolute atomic E-state index is 11.4. The van der Waals surface area contributed by atoms with Crippen molar-refractivity contribution in [2.75, 3.05) is 6.61 Å². The van der Waals surface area contributed by atoms with Crippen molar-refractivity contribution in [3.8, 4) is 11.5 Å². The molecule has 0 spiro atoms. The van der Waals surface area contributed by atoms with Gasteiger partial charge in [-0.25, -0.2) is 10.3 Å². The number of carboxylic acid groups (broad SMARTS) is 1. The van der Waals surface area contributed by atoms with E-state index in [2.05, 4.69) is 9.99 Å². The van der Waals surface area contributed by atoms with Crippen LogP contribution in [0, 0.1) is 0 Å². The van der Waals surface area contributed by atoms with E-state index in [9.17, 15) is 9.59 Å². The lowest BCUT2D eigenvalue weighted by molar-refractivity contribution is -0.144. The van der Waals surface area contributed by atoms with Crippen molar-refractivity contribution in [1.82, 2.24) is 10.6 Å². The Morgan fingerprint density at radius 3 is 2.94 bits per heavy atom. The summed E-state index contributed by atoms with van der Waals surface area (Å²) in [6, 6.07) is 4.65. The van der Waals surface area contributed by atoms with E-state index in [1.54, 1.807) is 12.1 Å². The molecule has 2 N–H and O–H groups in total. The zero-order valence-electron chi connectivity index (χ0n) is 8.95. The Kier molecular flexibility index (Phi) is 3.39. The van der Waals surface area contributed by atoms with E-state index in [0.29, 0.717) is 5.76 Å². The topological polar surface area (TPSA) is 115 Å². The minimum atomic E-state index is -1.20. The Morgan fingerprint density at radius 2 is 2.28 bits per heavy atom. The molecule has 0 bridgehead atoms. The summed E-state index contributed by atoms with van der Waals surface area (Å²) in [6.07, 6.45) is 1.45. The van der Waals surface area contributed by atoms with Crippen molar-refractivity contribution in [3.63, 3.8) is 0 Å². The number of carbonyl (C=O) groups is 2. The van der Waals surface area contributed by atoms with Crippen molar-refractivity contribution >= 4 is 11.9 Å². The molecule has 94 valence electrons. The van der Waals surface area contributed by atoms with Crippen molar-refractivity contribution in [1.29, 1.82) is 0 Å². The van der Waals surface area contributed by atoms with Crippen LogP contribution in [0.4, 0.5) is 0 Å². The third-order valence-electron chi connectivity index (χ3n) is 1.87. The molecule has 0 aliphatic heterocycles. The first-order valence-electron chi connectivity index (χ1n) is 4.81. The number of aliphatic carboxylic acids is 1. The summed E-state index contributed by atoms with van der Waals surface area (Å²) in [4.78, 5) is 26.0. The molecule has 0 atom stereocenters. The minimum Gasteiger partial charge on any atom is -0.479 e. The highest BCUT2D eigenvalue weighted by atomic mass is 16.7. The Bertz CT molecular complexity index is 544. The Morgan fingerprint density at radius 1 is 1.44 bits per heavy atom. The van der Waals surface area contributed by atoms with Crippen LogP contribution in [0.2, 0.25) is 0 Å². The van der Waals surface area contributed by atoms with Gasteiger partial charge in [0, 0.05) is 6.07 Å². The molecule has 0 aromatic carbocycles. The molecule has 0 aliphatic carbocycles. The monoisotopic (exact) mass is 252 g/mol. The summed E-state index contributed by atoms with van der Waals surface area (Å²) in [6.45, 7) is -0.644. The Balaban J connectivity index is 1.97. The van der Waals surface area contributed by atoms with E-state index in [1.165, 1.54) is 12.3 Å². The first-order chi connectivity index (χ1) is 8.66. The first-order valence-corrected chi connectivity index (χ1v) is 4.81. The maximum atomic E-state index is 11.4. The van der Waals surface area contributed by atoms with Gasteiger partial charge in [0.2, 0.25) is 5.76 Å². The molecule has 2 rings (SSSR count). The Labute approximate surface area is 100 Å². The summed E-state index contributed by atoms with van der Waals surface area (Å²) in [5.74, 6) is -1.21. The number of nitrogens with one attached hydrogen (secondary N) is 1. The van der Waals surface area contributed by atoms with Crippen LogP contribution in [-0.4, -0.2) is 28.7 Å². The molecule has 2 aromatic rings. The van der Waals surface area contributed by atoms with Gasteiger partial charge in [-0.05, 0) is 12.1 Å². The summed E-state index contributed by atoms with van der Waals surface area (Å²) < 4.78 is 9.93. The normalized spacial score (nSPS) is 10.2. The smallest absolute Gasteiger partial charge is 0.332 e. The second-order valence-corrected chi connectivity index (χ2v) is 3.17. The van der Waals surface area contributed by atoms with Crippen molar-refractivity contribution < 1.29 is 28.5 Å². The van der Waals surface area contributed by atoms with E-state index < -0.39 is 18.5 Å². The molecular formula is C10H8N2O6. The molecule has 0 saturated heterocycles. The summed E-state index contributed by atoms with van der Waals surface area (Å²) >= 11 is 0. The highest BCUT2D eigenvalue weighted by Crippen LogP contribution is 2.20. The number of carbonyl (C=O) groups excluding carboxylic acids is 1. The lowest BCUT2D eigenvalue weighted by atomic mass is 10.3. The predicted molar refractivity (Wildman–Crippen MR) is 55.3 cm³/mol. The second kappa shape index (κ2) is 5.15. The number of carboxylic acids is 1.